The van der Waals surface area contributed by atoms with E-state index in [0.717, 1.165) is 12.2 Å². The first kappa shape index (κ1) is 21.4. The summed E-state index contributed by atoms with van der Waals surface area (Å²) < 4.78 is 0. The SMILES string of the molecule is CN(C)CC(c1ccccc1)N(C)c1ccc(C([NH-])=O)cc1Cl.[Pr+3]. The van der Waals surface area contributed by atoms with Gasteiger partial charge >= 0.3 is 41.3 Å². The van der Waals surface area contributed by atoms with Gasteiger partial charge in [-0.15, -0.1) is 0 Å². The minimum absolute atomic E-state index is 0. The Balaban J connectivity index is 0.00000288. The van der Waals surface area contributed by atoms with Crippen LogP contribution in [-0.2, 0) is 0 Å². The molecule has 2 rings (SSSR count). The molecule has 0 spiro atoms. The number of hydrogen-bond acceptors (Lipinski definition) is 3. The zero-order valence-electron chi connectivity index (χ0n) is 14.2. The summed E-state index contributed by atoms with van der Waals surface area (Å²) >= 11 is 6.35. The van der Waals surface area contributed by atoms with Gasteiger partial charge in [-0.2, -0.15) is 0 Å². The number of likely N-dealkylation sites (N-methyl/N-ethyl adjacent to an activating group) is 2. The van der Waals surface area contributed by atoms with Crippen molar-refractivity contribution in [2.75, 3.05) is 32.6 Å². The summed E-state index contributed by atoms with van der Waals surface area (Å²) in [6.45, 7) is 0.829. The summed E-state index contributed by atoms with van der Waals surface area (Å²) in [6.07, 6.45) is 0. The number of rotatable bonds is 6. The molecule has 1 atom stereocenters. The van der Waals surface area contributed by atoms with Crippen molar-refractivity contribution in [3.8, 4) is 0 Å². The molecule has 0 saturated heterocycles. The maximum Gasteiger partial charge on any atom is 3.00 e. The van der Waals surface area contributed by atoms with E-state index in [1.54, 1.807) is 18.2 Å². The third kappa shape index (κ3) is 5.42. The third-order valence-corrected chi connectivity index (χ3v) is 4.08. The zero-order valence-corrected chi connectivity index (χ0v) is 18.6. The Morgan fingerprint density at radius 3 is 2.25 bits per heavy atom. The molecule has 0 saturated carbocycles. The number of nitrogens with zero attached hydrogens (tertiary/aromatic N) is 2. The quantitative estimate of drug-likeness (QED) is 0.632. The summed E-state index contributed by atoms with van der Waals surface area (Å²) in [4.78, 5) is 15.4. The average molecular weight is 472 g/mol. The normalized spacial score (nSPS) is 11.7. The van der Waals surface area contributed by atoms with E-state index in [1.807, 2.05) is 39.3 Å². The summed E-state index contributed by atoms with van der Waals surface area (Å²) in [5.41, 5.74) is 9.52. The molecule has 1 unspecified atom stereocenters. The summed E-state index contributed by atoms with van der Waals surface area (Å²) in [6, 6.07) is 15.4. The number of nitrogens with one attached hydrogen (secondary N) is 1. The number of benzene rings is 2. The first-order chi connectivity index (χ1) is 10.9. The van der Waals surface area contributed by atoms with Crippen molar-refractivity contribution in [2.24, 2.45) is 0 Å². The number of halogens is 1. The summed E-state index contributed by atoms with van der Waals surface area (Å²) in [5, 5.41) is 0.477. The Kier molecular flexibility index (Phi) is 8.65. The molecule has 6 heteroatoms. The van der Waals surface area contributed by atoms with E-state index >= 15 is 0 Å². The van der Waals surface area contributed by atoms with Crippen LogP contribution in [-0.4, -0.2) is 38.5 Å². The number of carbonyl (C=O) groups is 1. The largest absolute Gasteiger partial charge is 3.00 e. The number of hydrogen-bond donors (Lipinski definition) is 0. The first-order valence-corrected chi connectivity index (χ1v) is 7.76. The summed E-state index contributed by atoms with van der Waals surface area (Å²) in [5.74, 6) is -0.728. The van der Waals surface area contributed by atoms with Crippen molar-refractivity contribution in [2.45, 2.75) is 6.04 Å². The van der Waals surface area contributed by atoms with Crippen LogP contribution < -0.4 is 4.90 Å². The van der Waals surface area contributed by atoms with Crippen LogP contribution >= 0.6 is 11.6 Å². The van der Waals surface area contributed by atoms with Gasteiger partial charge in [0, 0.05) is 19.2 Å². The maximum absolute atomic E-state index is 11.2. The van der Waals surface area contributed by atoms with Gasteiger partial charge in [-0.25, -0.2) is 0 Å². The van der Waals surface area contributed by atoms with Gasteiger partial charge in [-0.3, -0.25) is 0 Å². The second kappa shape index (κ2) is 9.72. The molecule has 0 aliphatic carbocycles. The van der Waals surface area contributed by atoms with Crippen LogP contribution in [0.25, 0.3) is 5.73 Å². The molecule has 2 aromatic carbocycles. The second-order valence-corrected chi connectivity index (χ2v) is 6.20. The van der Waals surface area contributed by atoms with E-state index in [0.29, 0.717) is 10.6 Å². The Bertz CT molecular complexity index is 679. The van der Waals surface area contributed by atoms with Crippen molar-refractivity contribution in [1.29, 1.82) is 0 Å². The molecule has 0 aromatic heterocycles. The van der Waals surface area contributed by atoms with Crippen LogP contribution in [0.3, 0.4) is 0 Å². The maximum atomic E-state index is 11.2. The van der Waals surface area contributed by atoms with E-state index in [9.17, 15) is 4.79 Å². The molecule has 122 valence electrons. The first-order valence-electron chi connectivity index (χ1n) is 7.38. The van der Waals surface area contributed by atoms with Gasteiger partial charge in [-0.1, -0.05) is 48.0 Å². The molecule has 24 heavy (non-hydrogen) atoms. The predicted molar refractivity (Wildman–Crippen MR) is 96.2 cm³/mol. The zero-order chi connectivity index (χ0) is 17.0. The van der Waals surface area contributed by atoms with Crippen LogP contribution in [0.5, 0.6) is 0 Å². The van der Waals surface area contributed by atoms with Gasteiger partial charge in [0.25, 0.3) is 0 Å². The van der Waals surface area contributed by atoms with Crippen LogP contribution in [0, 0.1) is 41.3 Å². The van der Waals surface area contributed by atoms with E-state index in [1.165, 1.54) is 5.56 Å². The minimum atomic E-state index is -0.728. The molecular formula is C18H21ClN3OPr+2. The van der Waals surface area contributed by atoms with Crippen molar-refractivity contribution >= 4 is 23.2 Å². The Morgan fingerprint density at radius 2 is 1.75 bits per heavy atom. The minimum Gasteiger partial charge on any atom is -0.664 e. The van der Waals surface area contributed by atoms with Gasteiger partial charge in [0.05, 0.1) is 22.7 Å². The van der Waals surface area contributed by atoms with E-state index < -0.39 is 5.91 Å². The van der Waals surface area contributed by atoms with E-state index in [-0.39, 0.29) is 47.3 Å². The Morgan fingerprint density at radius 1 is 1.12 bits per heavy atom. The molecule has 1 N–H and O–H groups in total. The van der Waals surface area contributed by atoms with Gasteiger partial charge < -0.3 is 20.3 Å². The third-order valence-electron chi connectivity index (χ3n) is 3.78. The molecule has 2 aromatic rings. The standard InChI is InChI=1S/C18H22ClN3O.Pr/c1-21(2)12-17(13-7-5-4-6-8-13)22(3)16-10-9-14(18(20)23)11-15(16)19;/h4-11,17H,12H2,1-3H3,(H2,20,23);/q;+3/p-1. The van der Waals surface area contributed by atoms with Gasteiger partial charge in [0.1, 0.15) is 0 Å². The van der Waals surface area contributed by atoms with Crippen LogP contribution in [0.1, 0.15) is 22.0 Å². The van der Waals surface area contributed by atoms with E-state index in [4.69, 9.17) is 17.3 Å². The van der Waals surface area contributed by atoms with Crippen molar-refractivity contribution in [3.05, 3.63) is 70.4 Å². The van der Waals surface area contributed by atoms with Crippen LogP contribution in [0.4, 0.5) is 5.69 Å². The van der Waals surface area contributed by atoms with Gasteiger partial charge in [0.2, 0.25) is 0 Å². The van der Waals surface area contributed by atoms with E-state index in [2.05, 4.69) is 21.9 Å². The number of anilines is 1. The molecular weight excluding hydrogens is 451 g/mol. The smallest absolute Gasteiger partial charge is 0.664 e. The fourth-order valence-corrected chi connectivity index (χ4v) is 2.89. The summed E-state index contributed by atoms with van der Waals surface area (Å²) in [7, 11) is 6.06. The second-order valence-electron chi connectivity index (χ2n) is 5.79. The fourth-order valence-electron chi connectivity index (χ4n) is 2.57. The molecule has 0 bridgehead atoms. The van der Waals surface area contributed by atoms with Crippen molar-refractivity contribution < 1.29 is 46.1 Å². The molecule has 4 nitrogen and oxygen atoms in total. The Hall–Kier alpha value is -0.676. The Labute approximate surface area is 181 Å². The fraction of sp³-hybridized carbons (Fsp3) is 0.278. The van der Waals surface area contributed by atoms with Gasteiger partial charge in [0.15, 0.2) is 0 Å². The average Bonchev–Trinajstić information content (AvgIpc) is 2.52. The number of carbonyl (C=O) groups excluding carboxylic acids is 1. The molecule has 0 heterocycles. The van der Waals surface area contributed by atoms with Crippen molar-refractivity contribution in [1.82, 2.24) is 4.90 Å². The molecule has 0 fully saturated rings. The van der Waals surface area contributed by atoms with Crippen LogP contribution in [0.15, 0.2) is 48.5 Å². The van der Waals surface area contributed by atoms with Gasteiger partial charge in [-0.05, 0) is 31.8 Å². The van der Waals surface area contributed by atoms with Crippen molar-refractivity contribution in [3.63, 3.8) is 0 Å². The monoisotopic (exact) mass is 471 g/mol. The molecule has 1 amide bonds. The number of amides is 1. The molecule has 0 radical (unpaired) electrons. The van der Waals surface area contributed by atoms with Crippen LogP contribution in [0.2, 0.25) is 5.02 Å². The predicted octanol–water partition coefficient (Wildman–Crippen LogP) is 4.27. The topological polar surface area (TPSA) is 47.4 Å². The molecule has 0 aliphatic heterocycles. The molecule has 0 aliphatic rings.